The molecule has 0 bridgehead atoms. The van der Waals surface area contributed by atoms with E-state index < -0.39 is 4.92 Å². The van der Waals surface area contributed by atoms with Crippen LogP contribution in [0.5, 0.6) is 0 Å². The van der Waals surface area contributed by atoms with Crippen LogP contribution in [0.3, 0.4) is 0 Å². The summed E-state index contributed by atoms with van der Waals surface area (Å²) in [6, 6.07) is 4.47. The van der Waals surface area contributed by atoms with Crippen LogP contribution in [-0.2, 0) is 0 Å². The van der Waals surface area contributed by atoms with Crippen LogP contribution in [0.15, 0.2) is 18.2 Å². The average molecular weight is 207 g/mol. The fourth-order valence-electron chi connectivity index (χ4n) is 1.31. The van der Waals surface area contributed by atoms with Crippen LogP contribution in [0.25, 0.3) is 0 Å². The lowest BCUT2D eigenvalue weighted by Crippen LogP contribution is -2.03. The molecular weight excluding hydrogens is 194 g/mol. The van der Waals surface area contributed by atoms with E-state index in [1.54, 1.807) is 13.1 Å². The molecule has 0 atom stereocenters. The van der Waals surface area contributed by atoms with Crippen LogP contribution in [0.2, 0.25) is 0 Å². The molecule has 0 fully saturated rings. The molecule has 5 heteroatoms. The van der Waals surface area contributed by atoms with Crippen molar-refractivity contribution in [3.8, 4) is 0 Å². The third-order valence-corrected chi connectivity index (χ3v) is 2.16. The molecule has 0 heterocycles. The minimum Gasteiger partial charge on any atom is -0.387 e. The first-order valence-corrected chi connectivity index (χ1v) is 4.64. The molecule has 2 N–H and O–H groups in total. The monoisotopic (exact) mass is 207 g/mol. The van der Waals surface area contributed by atoms with Crippen LogP contribution < -0.4 is 5.32 Å². The summed E-state index contributed by atoms with van der Waals surface area (Å²) >= 11 is 0. The molecule has 5 nitrogen and oxygen atoms in total. The molecular formula is C10H13N3O2. The number of hydrogen-bond donors (Lipinski definition) is 2. The average Bonchev–Trinajstić information content (AvgIpc) is 2.27. The van der Waals surface area contributed by atoms with Crippen LogP contribution in [0.1, 0.15) is 18.9 Å². The molecule has 0 aliphatic carbocycles. The van der Waals surface area contributed by atoms with Gasteiger partial charge in [-0.15, -0.1) is 0 Å². The van der Waals surface area contributed by atoms with E-state index in [0.717, 1.165) is 0 Å². The number of benzene rings is 1. The van der Waals surface area contributed by atoms with Crippen molar-refractivity contribution >= 4 is 17.1 Å². The van der Waals surface area contributed by atoms with Crippen molar-refractivity contribution < 1.29 is 4.92 Å². The zero-order chi connectivity index (χ0) is 11.4. The third kappa shape index (κ3) is 2.31. The maximum Gasteiger partial charge on any atom is 0.271 e. The van der Waals surface area contributed by atoms with E-state index in [-0.39, 0.29) is 5.69 Å². The molecule has 0 spiro atoms. The van der Waals surface area contributed by atoms with E-state index in [1.807, 2.05) is 6.92 Å². The lowest BCUT2D eigenvalue weighted by atomic mass is 10.1. The van der Waals surface area contributed by atoms with Crippen LogP contribution in [0.4, 0.5) is 11.4 Å². The fourth-order valence-corrected chi connectivity index (χ4v) is 1.31. The molecule has 1 aromatic rings. The topological polar surface area (TPSA) is 79.0 Å². The van der Waals surface area contributed by atoms with Gasteiger partial charge in [0.1, 0.15) is 0 Å². The predicted molar refractivity (Wildman–Crippen MR) is 59.8 cm³/mol. The highest BCUT2D eigenvalue weighted by Gasteiger charge is 2.11. The number of anilines is 1. The number of rotatable bonds is 4. The molecule has 0 radical (unpaired) electrons. The molecule has 0 saturated carbocycles. The van der Waals surface area contributed by atoms with Gasteiger partial charge in [0.25, 0.3) is 5.69 Å². The van der Waals surface area contributed by atoms with E-state index in [9.17, 15) is 10.1 Å². The largest absolute Gasteiger partial charge is 0.387 e. The Hall–Kier alpha value is -1.91. The SMILES string of the molecule is CCC(=N)c1ccc([N+](=O)[O-])cc1NC. The number of nitro groups is 1. The maximum absolute atomic E-state index is 10.5. The lowest BCUT2D eigenvalue weighted by Gasteiger charge is -2.08. The van der Waals surface area contributed by atoms with Crippen molar-refractivity contribution in [1.82, 2.24) is 0 Å². The van der Waals surface area contributed by atoms with Gasteiger partial charge in [0.2, 0.25) is 0 Å². The Labute approximate surface area is 87.8 Å². The van der Waals surface area contributed by atoms with Gasteiger partial charge in [0, 0.05) is 36.1 Å². The smallest absolute Gasteiger partial charge is 0.271 e. The Kier molecular flexibility index (Phi) is 3.38. The van der Waals surface area contributed by atoms with Gasteiger partial charge in [-0.25, -0.2) is 0 Å². The minimum absolute atomic E-state index is 0.0343. The van der Waals surface area contributed by atoms with Crippen LogP contribution in [0, 0.1) is 15.5 Å². The molecule has 15 heavy (non-hydrogen) atoms. The number of nitrogens with zero attached hydrogens (tertiary/aromatic N) is 1. The summed E-state index contributed by atoms with van der Waals surface area (Å²) in [4.78, 5) is 10.1. The van der Waals surface area contributed by atoms with Gasteiger partial charge in [-0.05, 0) is 12.5 Å². The van der Waals surface area contributed by atoms with Gasteiger partial charge in [-0.3, -0.25) is 10.1 Å². The van der Waals surface area contributed by atoms with E-state index in [2.05, 4.69) is 5.32 Å². The number of non-ortho nitro benzene ring substituents is 1. The van der Waals surface area contributed by atoms with Crippen LogP contribution in [-0.4, -0.2) is 17.7 Å². The Balaban J connectivity index is 3.20. The highest BCUT2D eigenvalue weighted by atomic mass is 16.6. The first-order valence-electron chi connectivity index (χ1n) is 4.64. The van der Waals surface area contributed by atoms with E-state index >= 15 is 0 Å². The molecule has 0 amide bonds. The number of hydrogen-bond acceptors (Lipinski definition) is 4. The summed E-state index contributed by atoms with van der Waals surface area (Å²) in [6.07, 6.45) is 0.604. The molecule has 0 unspecified atom stereocenters. The van der Waals surface area contributed by atoms with E-state index in [0.29, 0.717) is 23.4 Å². The zero-order valence-corrected chi connectivity index (χ0v) is 8.70. The Morgan fingerprint density at radius 3 is 2.73 bits per heavy atom. The van der Waals surface area contributed by atoms with E-state index in [1.165, 1.54) is 12.1 Å². The summed E-state index contributed by atoms with van der Waals surface area (Å²) in [5, 5.41) is 21.1. The van der Waals surface area contributed by atoms with Crippen molar-refractivity contribution in [2.24, 2.45) is 0 Å². The number of nitrogens with one attached hydrogen (secondary N) is 2. The van der Waals surface area contributed by atoms with Crippen LogP contribution >= 0.6 is 0 Å². The first kappa shape index (κ1) is 11.2. The quantitative estimate of drug-likeness (QED) is 0.452. The second kappa shape index (κ2) is 4.54. The van der Waals surface area contributed by atoms with Crippen molar-refractivity contribution in [2.75, 3.05) is 12.4 Å². The predicted octanol–water partition coefficient (Wildman–Crippen LogP) is 2.41. The van der Waals surface area contributed by atoms with Crippen molar-refractivity contribution in [1.29, 1.82) is 5.41 Å². The molecule has 0 aliphatic rings. The lowest BCUT2D eigenvalue weighted by molar-refractivity contribution is -0.384. The minimum atomic E-state index is -0.444. The van der Waals surface area contributed by atoms with Crippen molar-refractivity contribution in [2.45, 2.75) is 13.3 Å². The molecule has 1 rings (SSSR count). The Bertz CT molecular complexity index is 402. The van der Waals surface area contributed by atoms with Crippen molar-refractivity contribution in [3.05, 3.63) is 33.9 Å². The second-order valence-electron chi connectivity index (χ2n) is 3.07. The molecule has 0 aromatic heterocycles. The summed E-state index contributed by atoms with van der Waals surface area (Å²) < 4.78 is 0. The van der Waals surface area contributed by atoms with E-state index in [4.69, 9.17) is 5.41 Å². The van der Waals surface area contributed by atoms with Gasteiger partial charge in [0.15, 0.2) is 0 Å². The Morgan fingerprint density at radius 2 is 2.27 bits per heavy atom. The zero-order valence-electron chi connectivity index (χ0n) is 8.70. The van der Waals surface area contributed by atoms with Gasteiger partial charge in [0.05, 0.1) is 4.92 Å². The van der Waals surface area contributed by atoms with Gasteiger partial charge in [-0.1, -0.05) is 6.92 Å². The maximum atomic E-state index is 10.5. The highest BCUT2D eigenvalue weighted by molar-refractivity contribution is 6.03. The fraction of sp³-hybridized carbons (Fsp3) is 0.300. The first-order chi connectivity index (χ1) is 7.10. The summed E-state index contributed by atoms with van der Waals surface area (Å²) in [7, 11) is 1.69. The summed E-state index contributed by atoms with van der Waals surface area (Å²) in [5.74, 6) is 0. The molecule has 1 aromatic carbocycles. The molecule has 0 aliphatic heterocycles. The van der Waals surface area contributed by atoms with Gasteiger partial charge < -0.3 is 10.7 Å². The molecule has 80 valence electrons. The highest BCUT2D eigenvalue weighted by Crippen LogP contribution is 2.23. The standard InChI is InChI=1S/C10H13N3O2/c1-3-9(11)8-5-4-7(13(14)15)6-10(8)12-2/h4-6,11-12H,3H2,1-2H3. The summed E-state index contributed by atoms with van der Waals surface area (Å²) in [5.41, 5.74) is 1.84. The third-order valence-electron chi connectivity index (χ3n) is 2.16. The normalized spacial score (nSPS) is 9.73. The Morgan fingerprint density at radius 1 is 1.60 bits per heavy atom. The number of nitro benzene ring substituents is 1. The van der Waals surface area contributed by atoms with Crippen molar-refractivity contribution in [3.63, 3.8) is 0 Å². The van der Waals surface area contributed by atoms with Gasteiger partial charge >= 0.3 is 0 Å². The second-order valence-corrected chi connectivity index (χ2v) is 3.07. The molecule has 0 saturated heterocycles. The summed E-state index contributed by atoms with van der Waals surface area (Å²) in [6.45, 7) is 1.88. The van der Waals surface area contributed by atoms with Gasteiger partial charge in [-0.2, -0.15) is 0 Å².